The molecule has 0 spiro atoms. The standard InChI is InChI=1S/C8H16O4/c1-6(9)3-4-12-8(11)5-7(2)10/h6-7,9-10H,3-5H2,1-2H3/t6-,7+/m0/s1. The Kier molecular flexibility index (Phi) is 5.66. The number of ether oxygens (including phenoxy) is 1. The number of aliphatic hydroxyl groups excluding tert-OH is 2. The van der Waals surface area contributed by atoms with Crippen LogP contribution in [-0.4, -0.2) is 35.0 Å². The van der Waals surface area contributed by atoms with Crippen LogP contribution in [0.3, 0.4) is 0 Å². The summed E-state index contributed by atoms with van der Waals surface area (Å²) in [5.41, 5.74) is 0. The molecular weight excluding hydrogens is 160 g/mol. The summed E-state index contributed by atoms with van der Waals surface area (Å²) in [7, 11) is 0. The number of carbonyl (C=O) groups excluding carboxylic acids is 1. The molecule has 0 aliphatic heterocycles. The quantitative estimate of drug-likeness (QED) is 0.582. The molecule has 0 aliphatic rings. The predicted molar refractivity (Wildman–Crippen MR) is 43.6 cm³/mol. The van der Waals surface area contributed by atoms with Crippen LogP contribution in [0, 0.1) is 0 Å². The Bertz CT molecular complexity index is 131. The highest BCUT2D eigenvalue weighted by molar-refractivity contribution is 5.69. The monoisotopic (exact) mass is 176 g/mol. The molecule has 0 aliphatic carbocycles. The van der Waals surface area contributed by atoms with Crippen LogP contribution >= 0.6 is 0 Å². The van der Waals surface area contributed by atoms with Crippen LogP contribution in [0.2, 0.25) is 0 Å². The van der Waals surface area contributed by atoms with Crippen molar-refractivity contribution < 1.29 is 19.7 Å². The highest BCUT2D eigenvalue weighted by Crippen LogP contribution is 1.95. The molecular formula is C8H16O4. The van der Waals surface area contributed by atoms with E-state index in [9.17, 15) is 4.79 Å². The van der Waals surface area contributed by atoms with E-state index in [1.54, 1.807) is 6.92 Å². The molecule has 0 heterocycles. The van der Waals surface area contributed by atoms with Crippen LogP contribution in [0.15, 0.2) is 0 Å². The van der Waals surface area contributed by atoms with Crippen LogP contribution in [0.5, 0.6) is 0 Å². The van der Waals surface area contributed by atoms with Crippen molar-refractivity contribution in [3.8, 4) is 0 Å². The lowest BCUT2D eigenvalue weighted by molar-refractivity contribution is -0.146. The molecule has 0 aromatic heterocycles. The average Bonchev–Trinajstić information content (AvgIpc) is 1.84. The minimum Gasteiger partial charge on any atom is -0.466 e. The second kappa shape index (κ2) is 5.97. The van der Waals surface area contributed by atoms with Crippen molar-refractivity contribution in [1.82, 2.24) is 0 Å². The normalized spacial score (nSPS) is 15.3. The van der Waals surface area contributed by atoms with Crippen molar-refractivity contribution in [2.75, 3.05) is 6.61 Å². The second-order valence-corrected chi connectivity index (χ2v) is 2.91. The molecule has 0 rings (SSSR count). The first-order valence-corrected chi connectivity index (χ1v) is 4.04. The summed E-state index contributed by atoms with van der Waals surface area (Å²) in [4.78, 5) is 10.8. The molecule has 0 saturated carbocycles. The molecule has 4 heteroatoms. The molecule has 72 valence electrons. The van der Waals surface area contributed by atoms with Gasteiger partial charge in [0.15, 0.2) is 0 Å². The largest absolute Gasteiger partial charge is 0.466 e. The summed E-state index contributed by atoms with van der Waals surface area (Å²) < 4.78 is 4.70. The number of esters is 1. The van der Waals surface area contributed by atoms with Crippen LogP contribution in [0.4, 0.5) is 0 Å². The van der Waals surface area contributed by atoms with Crippen LogP contribution < -0.4 is 0 Å². The summed E-state index contributed by atoms with van der Waals surface area (Å²) in [5.74, 6) is -0.425. The molecule has 0 saturated heterocycles. The van der Waals surface area contributed by atoms with Crippen molar-refractivity contribution in [3.63, 3.8) is 0 Å². The first-order valence-electron chi connectivity index (χ1n) is 4.04. The lowest BCUT2D eigenvalue weighted by Crippen LogP contribution is -2.15. The van der Waals surface area contributed by atoms with Crippen molar-refractivity contribution in [3.05, 3.63) is 0 Å². The van der Waals surface area contributed by atoms with Gasteiger partial charge in [0.25, 0.3) is 0 Å². The van der Waals surface area contributed by atoms with Gasteiger partial charge < -0.3 is 14.9 Å². The maximum Gasteiger partial charge on any atom is 0.308 e. The van der Waals surface area contributed by atoms with Gasteiger partial charge in [-0.15, -0.1) is 0 Å². The summed E-state index contributed by atoms with van der Waals surface area (Å²) in [5, 5.41) is 17.6. The van der Waals surface area contributed by atoms with Gasteiger partial charge in [-0.05, 0) is 13.8 Å². The number of aliphatic hydroxyl groups is 2. The predicted octanol–water partition coefficient (Wildman–Crippen LogP) is 0.0714. The topological polar surface area (TPSA) is 66.8 Å². The fourth-order valence-electron chi connectivity index (χ4n) is 0.643. The number of carbonyl (C=O) groups is 1. The summed E-state index contributed by atoms with van der Waals surface area (Å²) >= 11 is 0. The Hall–Kier alpha value is -0.610. The van der Waals surface area contributed by atoms with Crippen LogP contribution in [-0.2, 0) is 9.53 Å². The van der Waals surface area contributed by atoms with E-state index in [-0.39, 0.29) is 13.0 Å². The fraction of sp³-hybridized carbons (Fsp3) is 0.875. The van der Waals surface area contributed by atoms with Gasteiger partial charge in [-0.2, -0.15) is 0 Å². The zero-order valence-electron chi connectivity index (χ0n) is 7.49. The molecule has 4 nitrogen and oxygen atoms in total. The minimum absolute atomic E-state index is 0.0137. The third-order valence-corrected chi connectivity index (χ3v) is 1.26. The maximum absolute atomic E-state index is 10.8. The molecule has 0 radical (unpaired) electrons. The van der Waals surface area contributed by atoms with E-state index in [1.807, 2.05) is 0 Å². The van der Waals surface area contributed by atoms with E-state index >= 15 is 0 Å². The summed E-state index contributed by atoms with van der Waals surface area (Å²) in [6, 6.07) is 0. The summed E-state index contributed by atoms with van der Waals surface area (Å²) in [6.45, 7) is 3.36. The molecule has 0 bridgehead atoms. The maximum atomic E-state index is 10.8. The van der Waals surface area contributed by atoms with Gasteiger partial charge in [-0.1, -0.05) is 0 Å². The van der Waals surface area contributed by atoms with E-state index in [2.05, 4.69) is 0 Å². The first kappa shape index (κ1) is 11.4. The molecule has 0 fully saturated rings. The van der Waals surface area contributed by atoms with Gasteiger partial charge in [0, 0.05) is 6.42 Å². The number of hydrogen-bond acceptors (Lipinski definition) is 4. The van der Waals surface area contributed by atoms with Gasteiger partial charge in [0.05, 0.1) is 25.2 Å². The second-order valence-electron chi connectivity index (χ2n) is 2.91. The molecule has 2 atom stereocenters. The third-order valence-electron chi connectivity index (χ3n) is 1.26. The van der Waals surface area contributed by atoms with E-state index < -0.39 is 18.2 Å². The Morgan fingerprint density at radius 2 is 1.92 bits per heavy atom. The molecule has 12 heavy (non-hydrogen) atoms. The van der Waals surface area contributed by atoms with E-state index in [0.29, 0.717) is 6.42 Å². The molecule has 0 unspecified atom stereocenters. The summed E-state index contributed by atoms with van der Waals surface area (Å²) in [6.07, 6.45) is -0.667. The molecule has 2 N–H and O–H groups in total. The zero-order valence-corrected chi connectivity index (χ0v) is 7.49. The fourth-order valence-corrected chi connectivity index (χ4v) is 0.643. The highest BCUT2D eigenvalue weighted by Gasteiger charge is 2.07. The van der Waals surface area contributed by atoms with Crippen LogP contribution in [0.1, 0.15) is 26.7 Å². The van der Waals surface area contributed by atoms with Crippen molar-refractivity contribution in [2.24, 2.45) is 0 Å². The van der Waals surface area contributed by atoms with Gasteiger partial charge in [0.2, 0.25) is 0 Å². The van der Waals surface area contributed by atoms with Gasteiger partial charge >= 0.3 is 5.97 Å². The number of rotatable bonds is 5. The SMILES string of the molecule is C[C@H](O)CCOC(=O)C[C@@H](C)O. The zero-order chi connectivity index (χ0) is 9.56. The van der Waals surface area contributed by atoms with E-state index in [1.165, 1.54) is 6.92 Å². The van der Waals surface area contributed by atoms with Gasteiger partial charge in [-0.3, -0.25) is 4.79 Å². The molecule has 0 amide bonds. The smallest absolute Gasteiger partial charge is 0.308 e. The Labute approximate surface area is 72.2 Å². The van der Waals surface area contributed by atoms with Crippen molar-refractivity contribution >= 4 is 5.97 Å². The Balaban J connectivity index is 3.32. The van der Waals surface area contributed by atoms with Gasteiger partial charge in [0.1, 0.15) is 0 Å². The Morgan fingerprint density at radius 3 is 2.33 bits per heavy atom. The van der Waals surface area contributed by atoms with E-state index in [0.717, 1.165) is 0 Å². The van der Waals surface area contributed by atoms with Gasteiger partial charge in [-0.25, -0.2) is 0 Å². The average molecular weight is 176 g/mol. The lowest BCUT2D eigenvalue weighted by Gasteiger charge is -2.06. The van der Waals surface area contributed by atoms with E-state index in [4.69, 9.17) is 14.9 Å². The van der Waals surface area contributed by atoms with Crippen molar-refractivity contribution in [1.29, 1.82) is 0 Å². The van der Waals surface area contributed by atoms with Crippen LogP contribution in [0.25, 0.3) is 0 Å². The number of hydrogen-bond donors (Lipinski definition) is 2. The molecule has 0 aromatic rings. The minimum atomic E-state index is -0.663. The third kappa shape index (κ3) is 7.50. The highest BCUT2D eigenvalue weighted by atomic mass is 16.5. The lowest BCUT2D eigenvalue weighted by atomic mass is 10.3. The van der Waals surface area contributed by atoms with Crippen molar-refractivity contribution in [2.45, 2.75) is 38.9 Å². The first-order chi connectivity index (χ1) is 5.52. The molecule has 0 aromatic carbocycles. The Morgan fingerprint density at radius 1 is 1.33 bits per heavy atom.